The van der Waals surface area contributed by atoms with Crippen LogP contribution in [0.3, 0.4) is 0 Å². The number of sulfonamides is 1. The van der Waals surface area contributed by atoms with Crippen molar-refractivity contribution in [3.05, 3.63) is 94.2 Å². The van der Waals surface area contributed by atoms with E-state index in [0.717, 1.165) is 26.6 Å². The second-order valence-electron chi connectivity index (χ2n) is 9.78. The number of para-hydroxylation sites is 2. The summed E-state index contributed by atoms with van der Waals surface area (Å²) in [7, 11) is -2.19. The van der Waals surface area contributed by atoms with Gasteiger partial charge in [-0.05, 0) is 54.8 Å². The molecule has 218 valence electrons. The summed E-state index contributed by atoms with van der Waals surface area (Å²) in [4.78, 5) is 34.3. The highest BCUT2D eigenvalue weighted by Gasteiger charge is 2.29. The average Bonchev–Trinajstić information content (AvgIpc) is 3.33. The fourth-order valence-electron chi connectivity index (χ4n) is 4.83. The number of hydrogen-bond acceptors (Lipinski definition) is 7. The third-order valence-corrected chi connectivity index (χ3v) is 9.27. The van der Waals surface area contributed by atoms with Crippen LogP contribution in [0.4, 0.5) is 21.6 Å². The quantitative estimate of drug-likeness (QED) is 0.297. The highest BCUT2D eigenvalue weighted by Crippen LogP contribution is 2.42. The van der Waals surface area contributed by atoms with E-state index < -0.39 is 21.7 Å². The van der Waals surface area contributed by atoms with Gasteiger partial charge < -0.3 is 15.0 Å². The molecule has 1 aliphatic heterocycles. The molecule has 12 heteroatoms. The van der Waals surface area contributed by atoms with Gasteiger partial charge in [0.25, 0.3) is 11.8 Å². The number of halogens is 1. The van der Waals surface area contributed by atoms with Gasteiger partial charge in [0.1, 0.15) is 17.3 Å². The normalized spacial score (nSPS) is 12.7. The third kappa shape index (κ3) is 5.91. The van der Waals surface area contributed by atoms with Crippen LogP contribution < -0.4 is 14.5 Å². The molecule has 2 aromatic carbocycles. The molecule has 0 spiro atoms. The molecule has 2 aromatic heterocycles. The minimum Gasteiger partial charge on any atom is -0.383 e. The van der Waals surface area contributed by atoms with Crippen LogP contribution in [0, 0.1) is 12.7 Å². The summed E-state index contributed by atoms with van der Waals surface area (Å²) in [5.74, 6) is -1.16. The molecule has 0 unspecified atom stereocenters. The van der Waals surface area contributed by atoms with Gasteiger partial charge >= 0.3 is 0 Å². The number of anilines is 3. The smallest absolute Gasteiger partial charge is 0.276 e. The van der Waals surface area contributed by atoms with Gasteiger partial charge in [0.2, 0.25) is 10.0 Å². The molecule has 4 aromatic rings. The van der Waals surface area contributed by atoms with Crippen molar-refractivity contribution in [2.45, 2.75) is 13.3 Å². The third-order valence-electron chi connectivity index (χ3n) is 6.89. The summed E-state index contributed by atoms with van der Waals surface area (Å²) in [5.41, 5.74) is 3.18. The molecular formula is C30H29FN4O5S2. The molecule has 0 atom stereocenters. The Labute approximate surface area is 247 Å². The lowest BCUT2D eigenvalue weighted by molar-refractivity contribution is 0.0981. The minimum absolute atomic E-state index is 0.0547. The molecule has 1 N–H and O–H groups in total. The first kappa shape index (κ1) is 29.4. The van der Waals surface area contributed by atoms with Crippen molar-refractivity contribution in [1.29, 1.82) is 0 Å². The van der Waals surface area contributed by atoms with Gasteiger partial charge in [-0.2, -0.15) is 0 Å². The summed E-state index contributed by atoms with van der Waals surface area (Å²) in [6, 6.07) is 18.5. The predicted octanol–water partition coefficient (Wildman–Crippen LogP) is 5.13. The first-order chi connectivity index (χ1) is 20.1. The number of fused-ring (bicyclic) bond motifs is 3. The van der Waals surface area contributed by atoms with Gasteiger partial charge in [0.15, 0.2) is 0 Å². The number of carbonyl (C=O) groups excluding carboxylic acids is 2. The van der Waals surface area contributed by atoms with E-state index in [2.05, 4.69) is 10.3 Å². The molecule has 2 amide bonds. The summed E-state index contributed by atoms with van der Waals surface area (Å²) in [6.07, 6.45) is 1.54. The highest BCUT2D eigenvalue weighted by molar-refractivity contribution is 7.92. The lowest BCUT2D eigenvalue weighted by Gasteiger charge is -2.24. The fraction of sp³-hybridized carbons (Fsp3) is 0.233. The van der Waals surface area contributed by atoms with Crippen LogP contribution >= 0.6 is 11.3 Å². The molecule has 0 saturated heterocycles. The van der Waals surface area contributed by atoms with Crippen molar-refractivity contribution in [1.82, 2.24) is 4.98 Å². The molecular weight excluding hydrogens is 579 g/mol. The highest BCUT2D eigenvalue weighted by atomic mass is 32.2. The standard InChI is InChI=1S/C30H29FN4O5S2/c1-19-8-6-10-22(31)27(19)33-29(36)25-18-20-14-15-34(24-12-5-4-9-21(24)28(20)41-25)30(37)23-11-7-13-26(32-23)35(16-17-40-2)42(3,38)39/h4-13,18H,14-17H2,1-3H3,(H,33,36). The number of amides is 2. The van der Waals surface area contributed by atoms with Crippen LogP contribution in [0.5, 0.6) is 0 Å². The Bertz CT molecular complexity index is 1750. The molecule has 0 fully saturated rings. The number of ether oxygens (including phenoxy) is 1. The number of pyridine rings is 1. The van der Waals surface area contributed by atoms with Crippen LogP contribution in [-0.4, -0.2) is 58.3 Å². The SMILES string of the molecule is COCCN(c1cccc(C(=O)N2CCc3cc(C(=O)Nc4c(C)cccc4F)sc3-c3ccccc32)n1)S(C)(=O)=O. The molecule has 0 saturated carbocycles. The second kappa shape index (κ2) is 12.0. The molecule has 5 rings (SSSR count). The number of nitrogens with zero attached hydrogens (tertiary/aromatic N) is 3. The summed E-state index contributed by atoms with van der Waals surface area (Å²) < 4.78 is 45.4. The molecule has 1 aliphatic rings. The number of thiophene rings is 1. The maximum absolute atomic E-state index is 14.4. The Morgan fingerprint density at radius 1 is 1.12 bits per heavy atom. The maximum Gasteiger partial charge on any atom is 0.276 e. The van der Waals surface area contributed by atoms with E-state index in [1.165, 1.54) is 30.6 Å². The predicted molar refractivity (Wildman–Crippen MR) is 163 cm³/mol. The zero-order valence-corrected chi connectivity index (χ0v) is 24.9. The number of hydrogen-bond donors (Lipinski definition) is 1. The minimum atomic E-state index is -3.66. The molecule has 42 heavy (non-hydrogen) atoms. The van der Waals surface area contributed by atoms with E-state index in [9.17, 15) is 22.4 Å². The van der Waals surface area contributed by atoms with Gasteiger partial charge in [-0.25, -0.2) is 17.8 Å². The van der Waals surface area contributed by atoms with E-state index in [1.54, 1.807) is 42.2 Å². The first-order valence-corrected chi connectivity index (χ1v) is 15.8. The number of carbonyl (C=O) groups is 2. The van der Waals surface area contributed by atoms with Crippen molar-refractivity contribution >= 4 is 50.4 Å². The number of rotatable bonds is 8. The lowest BCUT2D eigenvalue weighted by Crippen LogP contribution is -2.35. The molecule has 0 bridgehead atoms. The topological polar surface area (TPSA) is 109 Å². The Morgan fingerprint density at radius 3 is 2.62 bits per heavy atom. The van der Waals surface area contributed by atoms with Gasteiger partial charge in [-0.3, -0.25) is 13.9 Å². The van der Waals surface area contributed by atoms with Gasteiger partial charge in [-0.1, -0.05) is 36.4 Å². The summed E-state index contributed by atoms with van der Waals surface area (Å²) in [5, 5.41) is 2.70. The van der Waals surface area contributed by atoms with Crippen LogP contribution in [0.25, 0.3) is 10.4 Å². The van der Waals surface area contributed by atoms with E-state index in [0.29, 0.717) is 29.1 Å². The summed E-state index contributed by atoms with van der Waals surface area (Å²) in [6.45, 7) is 2.25. The zero-order chi connectivity index (χ0) is 30.0. The van der Waals surface area contributed by atoms with E-state index in [4.69, 9.17) is 4.74 Å². The fourth-order valence-corrected chi connectivity index (χ4v) is 6.82. The van der Waals surface area contributed by atoms with E-state index >= 15 is 0 Å². The molecule has 0 aliphatic carbocycles. The molecule has 0 radical (unpaired) electrons. The van der Waals surface area contributed by atoms with Crippen LogP contribution in [0.2, 0.25) is 0 Å². The lowest BCUT2D eigenvalue weighted by atomic mass is 10.1. The number of methoxy groups -OCH3 is 1. The summed E-state index contributed by atoms with van der Waals surface area (Å²) >= 11 is 1.28. The second-order valence-corrected chi connectivity index (χ2v) is 12.7. The monoisotopic (exact) mass is 608 g/mol. The Kier molecular flexibility index (Phi) is 8.39. The van der Waals surface area contributed by atoms with Crippen molar-refractivity contribution < 1.29 is 27.1 Å². The Balaban J connectivity index is 1.46. The number of aromatic nitrogens is 1. The molecule has 3 heterocycles. The van der Waals surface area contributed by atoms with Crippen molar-refractivity contribution in [3.63, 3.8) is 0 Å². The van der Waals surface area contributed by atoms with E-state index in [1.807, 2.05) is 24.3 Å². The van der Waals surface area contributed by atoms with Gasteiger partial charge in [0.05, 0.1) is 35.7 Å². The number of aryl methyl sites for hydroxylation is 1. The van der Waals surface area contributed by atoms with Crippen LogP contribution in [0.15, 0.2) is 66.7 Å². The van der Waals surface area contributed by atoms with Crippen molar-refractivity contribution in [2.24, 2.45) is 0 Å². The average molecular weight is 609 g/mol. The number of benzene rings is 2. The van der Waals surface area contributed by atoms with Gasteiger partial charge in [0, 0.05) is 24.1 Å². The zero-order valence-electron chi connectivity index (χ0n) is 23.3. The number of nitrogens with one attached hydrogen (secondary N) is 1. The first-order valence-electron chi connectivity index (χ1n) is 13.1. The Hall–Kier alpha value is -4.13. The van der Waals surface area contributed by atoms with E-state index in [-0.39, 0.29) is 36.3 Å². The van der Waals surface area contributed by atoms with Gasteiger partial charge in [-0.15, -0.1) is 11.3 Å². The maximum atomic E-state index is 14.4. The van der Waals surface area contributed by atoms with Crippen molar-refractivity contribution in [3.8, 4) is 10.4 Å². The largest absolute Gasteiger partial charge is 0.383 e. The van der Waals surface area contributed by atoms with Crippen molar-refractivity contribution in [2.75, 3.05) is 47.6 Å². The molecule has 9 nitrogen and oxygen atoms in total. The Morgan fingerprint density at radius 2 is 1.88 bits per heavy atom. The van der Waals surface area contributed by atoms with Crippen LogP contribution in [0.1, 0.15) is 31.3 Å². The van der Waals surface area contributed by atoms with Crippen LogP contribution in [-0.2, 0) is 21.2 Å².